The van der Waals surface area contributed by atoms with Crippen LogP contribution in [-0.4, -0.2) is 73.6 Å². The number of hydrogen-bond donors (Lipinski definition) is 2. The summed E-state index contributed by atoms with van der Waals surface area (Å²) in [4.78, 5) is 29.8. The van der Waals surface area contributed by atoms with Crippen LogP contribution in [0.2, 0.25) is 0 Å². The van der Waals surface area contributed by atoms with Crippen LogP contribution in [-0.2, 0) is 9.53 Å². The van der Waals surface area contributed by atoms with Crippen molar-refractivity contribution in [2.24, 2.45) is 10.7 Å². The Morgan fingerprint density at radius 2 is 2.11 bits per heavy atom. The van der Waals surface area contributed by atoms with Crippen molar-refractivity contribution in [1.82, 2.24) is 15.1 Å². The van der Waals surface area contributed by atoms with Crippen molar-refractivity contribution >= 4 is 17.9 Å². The summed E-state index contributed by atoms with van der Waals surface area (Å²) in [6.07, 6.45) is 0. The van der Waals surface area contributed by atoms with Crippen molar-refractivity contribution in [1.29, 1.82) is 0 Å². The predicted molar refractivity (Wildman–Crippen MR) is 64.0 cm³/mol. The zero-order valence-corrected chi connectivity index (χ0v) is 10.1. The summed E-state index contributed by atoms with van der Waals surface area (Å²) >= 11 is 0. The molecule has 0 aromatic heterocycles. The van der Waals surface area contributed by atoms with Crippen molar-refractivity contribution in [2.75, 3.05) is 45.9 Å². The van der Waals surface area contributed by atoms with Gasteiger partial charge in [0, 0.05) is 13.1 Å². The summed E-state index contributed by atoms with van der Waals surface area (Å²) < 4.78 is 5.21. The third-order valence-electron chi connectivity index (χ3n) is 2.87. The van der Waals surface area contributed by atoms with Crippen LogP contribution in [0, 0.1) is 0 Å². The Hall–Kier alpha value is -1.83. The van der Waals surface area contributed by atoms with Crippen LogP contribution in [0.15, 0.2) is 4.99 Å². The second-order valence-electron chi connectivity index (χ2n) is 4.04. The highest BCUT2D eigenvalue weighted by Gasteiger charge is 2.27. The molecule has 18 heavy (non-hydrogen) atoms. The summed E-state index contributed by atoms with van der Waals surface area (Å²) in [6.45, 7) is 3.38. The Morgan fingerprint density at radius 1 is 1.39 bits per heavy atom. The lowest BCUT2D eigenvalue weighted by atomic mass is 10.4. The molecular formula is C10H17N5O3. The van der Waals surface area contributed by atoms with E-state index in [1.165, 1.54) is 0 Å². The van der Waals surface area contributed by atoms with Gasteiger partial charge in [-0.2, -0.15) is 0 Å². The number of urea groups is 1. The third-order valence-corrected chi connectivity index (χ3v) is 2.87. The van der Waals surface area contributed by atoms with Crippen LogP contribution in [0.3, 0.4) is 0 Å². The number of nitrogens with two attached hydrogens (primary N) is 1. The number of carbonyl (C=O) groups is 2. The maximum absolute atomic E-state index is 11.3. The molecule has 2 rings (SSSR count). The van der Waals surface area contributed by atoms with Gasteiger partial charge in [-0.05, 0) is 0 Å². The molecule has 3 amide bonds. The smallest absolute Gasteiger partial charge is 0.324 e. The summed E-state index contributed by atoms with van der Waals surface area (Å²) in [7, 11) is 0. The molecule has 8 nitrogen and oxygen atoms in total. The van der Waals surface area contributed by atoms with E-state index in [-0.39, 0.29) is 25.0 Å². The molecule has 8 heteroatoms. The van der Waals surface area contributed by atoms with Crippen LogP contribution in [0.4, 0.5) is 4.79 Å². The van der Waals surface area contributed by atoms with Gasteiger partial charge in [0.2, 0.25) is 5.91 Å². The first-order valence-electron chi connectivity index (χ1n) is 5.89. The highest BCUT2D eigenvalue weighted by molar-refractivity contribution is 6.01. The number of ether oxygens (including phenoxy) is 1. The fraction of sp³-hybridized carbons (Fsp3) is 0.700. The lowest BCUT2D eigenvalue weighted by molar-refractivity contribution is -0.124. The number of rotatable bonds is 3. The SMILES string of the molecule is NC(=NCCN1C(=O)CNC1=O)N1CCOCC1. The fourth-order valence-electron chi connectivity index (χ4n) is 1.84. The lowest BCUT2D eigenvalue weighted by Gasteiger charge is -2.27. The Morgan fingerprint density at radius 3 is 2.72 bits per heavy atom. The van der Waals surface area contributed by atoms with Crippen molar-refractivity contribution < 1.29 is 14.3 Å². The maximum atomic E-state index is 11.3. The van der Waals surface area contributed by atoms with E-state index in [4.69, 9.17) is 10.5 Å². The Bertz CT molecular complexity index is 349. The average Bonchev–Trinajstić information content (AvgIpc) is 2.71. The molecule has 0 atom stereocenters. The molecule has 2 saturated heterocycles. The van der Waals surface area contributed by atoms with Gasteiger partial charge < -0.3 is 20.7 Å². The van der Waals surface area contributed by atoms with E-state index >= 15 is 0 Å². The summed E-state index contributed by atoms with van der Waals surface area (Å²) in [5.41, 5.74) is 5.82. The van der Waals surface area contributed by atoms with Gasteiger partial charge in [-0.1, -0.05) is 0 Å². The molecule has 2 heterocycles. The Kier molecular flexibility index (Phi) is 3.98. The second kappa shape index (κ2) is 5.67. The van der Waals surface area contributed by atoms with E-state index in [9.17, 15) is 9.59 Å². The monoisotopic (exact) mass is 255 g/mol. The van der Waals surface area contributed by atoms with Gasteiger partial charge in [-0.15, -0.1) is 0 Å². The molecule has 0 saturated carbocycles. The molecule has 2 aliphatic rings. The van der Waals surface area contributed by atoms with Crippen LogP contribution < -0.4 is 11.1 Å². The molecular weight excluding hydrogens is 238 g/mol. The molecule has 2 fully saturated rings. The number of imide groups is 1. The molecule has 3 N–H and O–H groups in total. The number of carbonyl (C=O) groups excluding carboxylic acids is 2. The van der Waals surface area contributed by atoms with E-state index in [0.29, 0.717) is 25.7 Å². The summed E-state index contributed by atoms with van der Waals surface area (Å²) in [6, 6.07) is -0.361. The Labute approximate surface area is 105 Å². The van der Waals surface area contributed by atoms with E-state index < -0.39 is 0 Å². The summed E-state index contributed by atoms with van der Waals surface area (Å²) in [5.74, 6) is 0.213. The predicted octanol–water partition coefficient (Wildman–Crippen LogP) is -1.81. The molecule has 2 aliphatic heterocycles. The zero-order chi connectivity index (χ0) is 13.0. The highest BCUT2D eigenvalue weighted by Crippen LogP contribution is 1.99. The largest absolute Gasteiger partial charge is 0.378 e. The maximum Gasteiger partial charge on any atom is 0.324 e. The van der Waals surface area contributed by atoms with Crippen molar-refractivity contribution in [3.8, 4) is 0 Å². The molecule has 0 spiro atoms. The van der Waals surface area contributed by atoms with E-state index in [2.05, 4.69) is 10.3 Å². The Balaban J connectivity index is 1.79. The number of hydrogen-bond acceptors (Lipinski definition) is 4. The van der Waals surface area contributed by atoms with Gasteiger partial charge in [0.25, 0.3) is 0 Å². The number of amides is 3. The lowest BCUT2D eigenvalue weighted by Crippen LogP contribution is -2.45. The van der Waals surface area contributed by atoms with E-state index in [1.807, 2.05) is 4.90 Å². The minimum atomic E-state index is -0.361. The van der Waals surface area contributed by atoms with E-state index in [0.717, 1.165) is 18.0 Å². The second-order valence-corrected chi connectivity index (χ2v) is 4.04. The van der Waals surface area contributed by atoms with Gasteiger partial charge in [0.05, 0.1) is 32.8 Å². The molecule has 0 unspecified atom stereocenters. The topological polar surface area (TPSA) is 100 Å². The van der Waals surface area contributed by atoms with Gasteiger partial charge in [0.15, 0.2) is 5.96 Å². The first-order chi connectivity index (χ1) is 8.68. The molecule has 0 bridgehead atoms. The molecule has 0 radical (unpaired) electrons. The van der Waals surface area contributed by atoms with Crippen LogP contribution in [0.5, 0.6) is 0 Å². The molecule has 0 aromatic rings. The normalized spacial score (nSPS) is 21.4. The van der Waals surface area contributed by atoms with Crippen molar-refractivity contribution in [3.05, 3.63) is 0 Å². The third kappa shape index (κ3) is 2.89. The number of morpholine rings is 1. The first-order valence-corrected chi connectivity index (χ1v) is 5.89. The van der Waals surface area contributed by atoms with E-state index in [1.54, 1.807) is 0 Å². The standard InChI is InChI=1S/C10H17N5O3/c11-9(14-3-5-18-6-4-14)12-1-2-15-8(16)7-13-10(15)17/h1-7H2,(H2,11,12)(H,13,17). The number of nitrogens with one attached hydrogen (secondary N) is 1. The minimum Gasteiger partial charge on any atom is -0.378 e. The number of aliphatic imine (C=N–C) groups is 1. The molecule has 100 valence electrons. The summed E-state index contributed by atoms with van der Waals surface area (Å²) in [5, 5.41) is 2.45. The van der Waals surface area contributed by atoms with Crippen LogP contribution >= 0.6 is 0 Å². The number of nitrogens with zero attached hydrogens (tertiary/aromatic N) is 3. The zero-order valence-electron chi connectivity index (χ0n) is 10.1. The number of guanidine groups is 1. The van der Waals surface area contributed by atoms with Gasteiger partial charge in [-0.25, -0.2) is 4.79 Å². The van der Waals surface area contributed by atoms with Gasteiger partial charge in [-0.3, -0.25) is 14.7 Å². The average molecular weight is 255 g/mol. The molecule has 0 aromatic carbocycles. The van der Waals surface area contributed by atoms with Crippen LogP contribution in [0.1, 0.15) is 0 Å². The van der Waals surface area contributed by atoms with Gasteiger partial charge >= 0.3 is 6.03 Å². The van der Waals surface area contributed by atoms with Crippen molar-refractivity contribution in [3.63, 3.8) is 0 Å². The molecule has 0 aliphatic carbocycles. The quantitative estimate of drug-likeness (QED) is 0.351. The first kappa shape index (κ1) is 12.6. The minimum absolute atomic E-state index is 0.0709. The highest BCUT2D eigenvalue weighted by atomic mass is 16.5. The van der Waals surface area contributed by atoms with Crippen molar-refractivity contribution in [2.45, 2.75) is 0 Å². The fourth-order valence-corrected chi connectivity index (χ4v) is 1.84. The van der Waals surface area contributed by atoms with Crippen LogP contribution in [0.25, 0.3) is 0 Å². The van der Waals surface area contributed by atoms with Gasteiger partial charge in [0.1, 0.15) is 0 Å².